The van der Waals surface area contributed by atoms with Crippen LogP contribution in [-0.4, -0.2) is 70.3 Å². The van der Waals surface area contributed by atoms with Gasteiger partial charge in [0.05, 0.1) is 32.6 Å². The molecule has 3 heterocycles. The molecule has 0 spiro atoms. The number of alkyl halides is 3. The van der Waals surface area contributed by atoms with E-state index >= 15 is 0 Å². The van der Waals surface area contributed by atoms with Crippen molar-refractivity contribution < 1.29 is 27.4 Å². The lowest BCUT2D eigenvalue weighted by Crippen LogP contribution is -2.38. The van der Waals surface area contributed by atoms with Gasteiger partial charge in [-0.15, -0.1) is 0 Å². The second-order valence-corrected chi connectivity index (χ2v) is 8.53. The molecule has 4 aromatic rings. The number of hydrogen-bond donors (Lipinski definition) is 1. The van der Waals surface area contributed by atoms with Crippen molar-refractivity contribution in [3.63, 3.8) is 0 Å². The number of anilines is 1. The summed E-state index contributed by atoms with van der Waals surface area (Å²) < 4.78 is 52.4. The van der Waals surface area contributed by atoms with Crippen molar-refractivity contribution in [1.82, 2.24) is 24.5 Å². The van der Waals surface area contributed by atoms with Gasteiger partial charge in [0.2, 0.25) is 0 Å². The highest BCUT2D eigenvalue weighted by Gasteiger charge is 2.33. The summed E-state index contributed by atoms with van der Waals surface area (Å²) in [5.74, 6) is 0.211. The highest BCUT2D eigenvalue weighted by molar-refractivity contribution is 6.12. The summed E-state index contributed by atoms with van der Waals surface area (Å²) in [6.45, 7) is 4.40. The Kier molecular flexibility index (Phi) is 6.85. The predicted molar refractivity (Wildman–Crippen MR) is 130 cm³/mol. The van der Waals surface area contributed by atoms with Crippen LogP contribution in [0.4, 0.5) is 18.9 Å². The molecule has 1 N–H and O–H groups in total. The third kappa shape index (κ3) is 5.30. The number of carbonyl (C=O) groups is 1. The maximum absolute atomic E-state index is 13.2. The van der Waals surface area contributed by atoms with E-state index in [0.29, 0.717) is 42.3 Å². The van der Waals surface area contributed by atoms with Gasteiger partial charge in [0.1, 0.15) is 11.3 Å². The van der Waals surface area contributed by atoms with Crippen LogP contribution in [0.2, 0.25) is 0 Å². The van der Waals surface area contributed by atoms with Gasteiger partial charge in [-0.05, 0) is 36.4 Å². The lowest BCUT2D eigenvalue weighted by molar-refractivity contribution is -0.141. The summed E-state index contributed by atoms with van der Waals surface area (Å²) in [4.78, 5) is 15.5. The first kappa shape index (κ1) is 24.8. The standard InChI is InChI=1S/C25H25F3N6O3/c1-36-20-4-2-3-19-22(31-34(23(19)20)12-11-32-13-15-37-16-14-32)24(35)29-17-5-7-18(8-6-17)33-10-9-21(30-33)25(26,27)28/h2-10H,11-16H2,1H3,(H,29,35). The molecule has 194 valence electrons. The van der Waals surface area contributed by atoms with Crippen molar-refractivity contribution >= 4 is 22.5 Å². The van der Waals surface area contributed by atoms with Crippen LogP contribution in [-0.2, 0) is 17.5 Å². The highest BCUT2D eigenvalue weighted by Crippen LogP contribution is 2.30. The molecule has 1 fully saturated rings. The molecule has 0 atom stereocenters. The Bertz CT molecular complexity index is 1390. The molecule has 5 rings (SSSR count). The number of benzene rings is 2. The molecule has 1 saturated heterocycles. The fourth-order valence-corrected chi connectivity index (χ4v) is 4.27. The van der Waals surface area contributed by atoms with Crippen molar-refractivity contribution in [3.8, 4) is 11.4 Å². The van der Waals surface area contributed by atoms with Gasteiger partial charge in [0, 0.05) is 36.9 Å². The minimum Gasteiger partial charge on any atom is -0.494 e. The van der Waals surface area contributed by atoms with Crippen molar-refractivity contribution in [2.24, 2.45) is 0 Å². The van der Waals surface area contributed by atoms with Crippen LogP contribution >= 0.6 is 0 Å². The number of para-hydroxylation sites is 1. The monoisotopic (exact) mass is 514 g/mol. The Morgan fingerprint density at radius 3 is 2.49 bits per heavy atom. The molecule has 0 bridgehead atoms. The average Bonchev–Trinajstić information content (AvgIpc) is 3.54. The van der Waals surface area contributed by atoms with Crippen LogP contribution in [0.15, 0.2) is 54.7 Å². The number of carbonyl (C=O) groups excluding carboxylic acids is 1. The molecule has 2 aromatic carbocycles. The van der Waals surface area contributed by atoms with Gasteiger partial charge < -0.3 is 14.8 Å². The number of fused-ring (bicyclic) bond motifs is 1. The first-order valence-electron chi connectivity index (χ1n) is 11.7. The molecule has 2 aromatic heterocycles. The fraction of sp³-hybridized carbons (Fsp3) is 0.320. The molecular weight excluding hydrogens is 489 g/mol. The van der Waals surface area contributed by atoms with Gasteiger partial charge in [0.15, 0.2) is 11.4 Å². The molecule has 0 unspecified atom stereocenters. The van der Waals surface area contributed by atoms with Gasteiger partial charge in [-0.1, -0.05) is 12.1 Å². The Labute approximate surface area is 210 Å². The van der Waals surface area contributed by atoms with E-state index in [4.69, 9.17) is 9.47 Å². The molecule has 37 heavy (non-hydrogen) atoms. The van der Waals surface area contributed by atoms with Gasteiger partial charge in [-0.2, -0.15) is 23.4 Å². The van der Waals surface area contributed by atoms with Gasteiger partial charge in [-0.3, -0.25) is 14.4 Å². The van der Waals surface area contributed by atoms with Crippen LogP contribution < -0.4 is 10.1 Å². The largest absolute Gasteiger partial charge is 0.494 e. The third-order valence-corrected chi connectivity index (χ3v) is 6.17. The third-order valence-electron chi connectivity index (χ3n) is 6.17. The van der Waals surface area contributed by atoms with Crippen LogP contribution in [0.5, 0.6) is 5.75 Å². The molecule has 1 aliphatic rings. The van der Waals surface area contributed by atoms with Crippen LogP contribution in [0.25, 0.3) is 16.6 Å². The van der Waals surface area contributed by atoms with E-state index in [9.17, 15) is 18.0 Å². The molecule has 12 heteroatoms. The van der Waals surface area contributed by atoms with Crippen LogP contribution in [0, 0.1) is 0 Å². The van der Waals surface area contributed by atoms with E-state index in [1.54, 1.807) is 42.1 Å². The average molecular weight is 515 g/mol. The normalized spacial score (nSPS) is 14.7. The number of ether oxygens (including phenoxy) is 2. The molecule has 0 saturated carbocycles. The lowest BCUT2D eigenvalue weighted by atomic mass is 10.2. The Morgan fingerprint density at radius 1 is 1.05 bits per heavy atom. The molecule has 0 aliphatic carbocycles. The minimum atomic E-state index is -4.52. The van der Waals surface area contributed by atoms with Crippen molar-refractivity contribution in [1.29, 1.82) is 0 Å². The summed E-state index contributed by atoms with van der Waals surface area (Å²) in [7, 11) is 1.58. The number of amides is 1. The first-order chi connectivity index (χ1) is 17.8. The smallest absolute Gasteiger partial charge is 0.435 e. The summed E-state index contributed by atoms with van der Waals surface area (Å²) in [5.41, 5.74) is 0.906. The number of morpholine rings is 1. The zero-order valence-corrected chi connectivity index (χ0v) is 20.0. The molecular formula is C25H25F3N6O3. The van der Waals surface area contributed by atoms with E-state index in [2.05, 4.69) is 20.4 Å². The van der Waals surface area contributed by atoms with E-state index in [1.807, 2.05) is 12.1 Å². The van der Waals surface area contributed by atoms with E-state index in [-0.39, 0.29) is 5.69 Å². The zero-order chi connectivity index (χ0) is 26.0. The molecule has 1 aliphatic heterocycles. The summed E-state index contributed by atoms with van der Waals surface area (Å²) in [6, 6.07) is 12.7. The van der Waals surface area contributed by atoms with Crippen molar-refractivity contribution in [2.45, 2.75) is 12.7 Å². The Morgan fingerprint density at radius 2 is 1.81 bits per heavy atom. The first-order valence-corrected chi connectivity index (χ1v) is 11.7. The van der Waals surface area contributed by atoms with Crippen molar-refractivity contribution in [2.75, 3.05) is 45.3 Å². The van der Waals surface area contributed by atoms with Gasteiger partial charge in [-0.25, -0.2) is 4.68 Å². The summed E-state index contributed by atoms with van der Waals surface area (Å²) in [6.07, 6.45) is -3.28. The highest BCUT2D eigenvalue weighted by atomic mass is 19.4. The Hall–Kier alpha value is -3.90. The fourth-order valence-electron chi connectivity index (χ4n) is 4.27. The van der Waals surface area contributed by atoms with Gasteiger partial charge in [0.25, 0.3) is 5.91 Å². The summed E-state index contributed by atoms with van der Waals surface area (Å²) in [5, 5.41) is 11.7. The van der Waals surface area contributed by atoms with E-state index < -0.39 is 17.8 Å². The number of methoxy groups -OCH3 is 1. The predicted octanol–water partition coefficient (Wildman–Crippen LogP) is 3.83. The van der Waals surface area contributed by atoms with E-state index in [0.717, 1.165) is 35.9 Å². The number of rotatable bonds is 7. The number of nitrogens with one attached hydrogen (secondary N) is 1. The SMILES string of the molecule is COc1cccc2c(C(=O)Nc3ccc(-n4ccc(C(F)(F)F)n4)cc3)nn(CCN3CCOCC3)c12. The second kappa shape index (κ2) is 10.2. The van der Waals surface area contributed by atoms with Gasteiger partial charge >= 0.3 is 6.18 Å². The van der Waals surface area contributed by atoms with Crippen LogP contribution in [0.3, 0.4) is 0 Å². The number of halogens is 3. The molecule has 9 nitrogen and oxygen atoms in total. The van der Waals surface area contributed by atoms with Crippen LogP contribution in [0.1, 0.15) is 16.2 Å². The van der Waals surface area contributed by atoms with E-state index in [1.165, 1.54) is 6.20 Å². The number of nitrogens with zero attached hydrogens (tertiary/aromatic N) is 5. The maximum atomic E-state index is 13.2. The number of hydrogen-bond acceptors (Lipinski definition) is 6. The zero-order valence-electron chi connectivity index (χ0n) is 20.0. The quantitative estimate of drug-likeness (QED) is 0.404. The molecule has 0 radical (unpaired) electrons. The van der Waals surface area contributed by atoms with Crippen molar-refractivity contribution in [3.05, 3.63) is 66.1 Å². The topological polar surface area (TPSA) is 86.4 Å². The summed E-state index contributed by atoms with van der Waals surface area (Å²) >= 11 is 0. The minimum absolute atomic E-state index is 0.252. The number of aromatic nitrogens is 4. The Balaban J connectivity index is 1.35. The maximum Gasteiger partial charge on any atom is 0.435 e. The molecule has 1 amide bonds. The second-order valence-electron chi connectivity index (χ2n) is 8.53. The lowest BCUT2D eigenvalue weighted by Gasteiger charge is -2.26.